The minimum atomic E-state index is 0.393. The standard InChI is InChI=1S/C21H18N2/c1-16-9-5-6-10-17(15-16)21-22-19-13-7-8-14-20(19)23(21)18-11-3-2-4-12-18/h2-16H,1H3. The Hall–Kier alpha value is -2.87. The number of allylic oxidation sites excluding steroid dienone is 6. The largest absolute Gasteiger partial charge is 0.292 e. The molecule has 23 heavy (non-hydrogen) atoms. The Balaban J connectivity index is 2.00. The van der Waals surface area contributed by atoms with Crippen molar-refractivity contribution in [3.05, 3.63) is 90.8 Å². The fourth-order valence-corrected chi connectivity index (χ4v) is 3.00. The number of imidazole rings is 1. The summed E-state index contributed by atoms with van der Waals surface area (Å²) in [6, 6.07) is 18.7. The molecule has 1 heterocycles. The molecule has 0 saturated carbocycles. The Morgan fingerprint density at radius 1 is 0.913 bits per heavy atom. The van der Waals surface area contributed by atoms with Crippen molar-refractivity contribution in [2.24, 2.45) is 5.92 Å². The van der Waals surface area contributed by atoms with Crippen LogP contribution in [0.4, 0.5) is 0 Å². The minimum absolute atomic E-state index is 0.393. The first kappa shape index (κ1) is 13.8. The van der Waals surface area contributed by atoms with Crippen LogP contribution in [0.2, 0.25) is 0 Å². The van der Waals surface area contributed by atoms with E-state index in [9.17, 15) is 0 Å². The Morgan fingerprint density at radius 3 is 2.57 bits per heavy atom. The lowest BCUT2D eigenvalue weighted by Crippen LogP contribution is -2.00. The van der Waals surface area contributed by atoms with Crippen molar-refractivity contribution in [2.45, 2.75) is 6.92 Å². The minimum Gasteiger partial charge on any atom is -0.292 e. The summed E-state index contributed by atoms with van der Waals surface area (Å²) in [6.45, 7) is 2.19. The van der Waals surface area contributed by atoms with E-state index < -0.39 is 0 Å². The smallest absolute Gasteiger partial charge is 0.145 e. The van der Waals surface area contributed by atoms with E-state index in [-0.39, 0.29) is 0 Å². The molecule has 1 aliphatic rings. The highest BCUT2D eigenvalue weighted by atomic mass is 15.1. The van der Waals surface area contributed by atoms with Gasteiger partial charge < -0.3 is 0 Å². The van der Waals surface area contributed by atoms with Crippen molar-refractivity contribution in [2.75, 3.05) is 0 Å². The average molecular weight is 298 g/mol. The average Bonchev–Trinajstić information content (AvgIpc) is 2.84. The molecule has 1 aromatic heterocycles. The van der Waals surface area contributed by atoms with Gasteiger partial charge in [0.15, 0.2) is 0 Å². The molecule has 0 radical (unpaired) electrons. The Kier molecular flexibility index (Phi) is 3.43. The highest BCUT2D eigenvalue weighted by molar-refractivity contribution is 5.84. The number of para-hydroxylation sites is 3. The third-order valence-corrected chi connectivity index (χ3v) is 4.08. The number of fused-ring (bicyclic) bond motifs is 1. The van der Waals surface area contributed by atoms with Gasteiger partial charge in [0, 0.05) is 11.3 Å². The second-order valence-electron chi connectivity index (χ2n) is 5.82. The molecule has 1 aliphatic carbocycles. The van der Waals surface area contributed by atoms with E-state index in [1.165, 1.54) is 0 Å². The second kappa shape index (κ2) is 5.73. The van der Waals surface area contributed by atoms with Gasteiger partial charge in [-0.05, 0) is 30.2 Å². The molecule has 0 N–H and O–H groups in total. The van der Waals surface area contributed by atoms with Crippen LogP contribution in [0.1, 0.15) is 12.7 Å². The highest BCUT2D eigenvalue weighted by Gasteiger charge is 2.15. The zero-order chi connectivity index (χ0) is 15.6. The van der Waals surface area contributed by atoms with Crippen LogP contribution < -0.4 is 0 Å². The zero-order valence-corrected chi connectivity index (χ0v) is 13.1. The molecule has 0 saturated heterocycles. The van der Waals surface area contributed by atoms with Crippen LogP contribution in [-0.4, -0.2) is 9.55 Å². The van der Waals surface area contributed by atoms with Gasteiger partial charge in [-0.15, -0.1) is 0 Å². The molecular weight excluding hydrogens is 280 g/mol. The summed E-state index contributed by atoms with van der Waals surface area (Å²) in [7, 11) is 0. The molecule has 2 nitrogen and oxygen atoms in total. The van der Waals surface area contributed by atoms with Crippen LogP contribution in [0.5, 0.6) is 0 Å². The van der Waals surface area contributed by atoms with E-state index in [1.54, 1.807) is 0 Å². The van der Waals surface area contributed by atoms with Gasteiger partial charge in [0.1, 0.15) is 5.82 Å². The quantitative estimate of drug-likeness (QED) is 0.638. The van der Waals surface area contributed by atoms with E-state index in [4.69, 9.17) is 4.98 Å². The van der Waals surface area contributed by atoms with E-state index in [0.717, 1.165) is 28.1 Å². The molecule has 4 rings (SSSR count). The molecule has 0 spiro atoms. The van der Waals surface area contributed by atoms with Crippen molar-refractivity contribution < 1.29 is 0 Å². The maximum atomic E-state index is 4.90. The second-order valence-corrected chi connectivity index (χ2v) is 5.82. The predicted octanol–water partition coefficient (Wildman–Crippen LogP) is 5.17. The first-order valence-electron chi connectivity index (χ1n) is 7.93. The third-order valence-electron chi connectivity index (χ3n) is 4.08. The number of hydrogen-bond donors (Lipinski definition) is 0. The number of nitrogens with zero attached hydrogens (tertiary/aromatic N) is 2. The lowest BCUT2D eigenvalue weighted by Gasteiger charge is -2.10. The first-order valence-corrected chi connectivity index (χ1v) is 7.93. The molecule has 1 unspecified atom stereocenters. The van der Waals surface area contributed by atoms with Crippen LogP contribution in [-0.2, 0) is 0 Å². The van der Waals surface area contributed by atoms with E-state index in [1.807, 2.05) is 12.1 Å². The van der Waals surface area contributed by atoms with Crippen LogP contribution in [0.15, 0.2) is 85.0 Å². The molecule has 0 fully saturated rings. The van der Waals surface area contributed by atoms with Crippen molar-refractivity contribution >= 4 is 16.6 Å². The lowest BCUT2D eigenvalue weighted by molar-refractivity contribution is 0.939. The van der Waals surface area contributed by atoms with Gasteiger partial charge in [-0.3, -0.25) is 4.57 Å². The number of aromatic nitrogens is 2. The maximum Gasteiger partial charge on any atom is 0.145 e. The van der Waals surface area contributed by atoms with Crippen LogP contribution >= 0.6 is 0 Å². The summed E-state index contributed by atoms with van der Waals surface area (Å²) in [6.07, 6.45) is 10.8. The zero-order valence-electron chi connectivity index (χ0n) is 13.1. The molecular formula is C21H18N2. The van der Waals surface area contributed by atoms with Crippen LogP contribution in [0.3, 0.4) is 0 Å². The molecule has 1 atom stereocenters. The molecule has 0 aliphatic heterocycles. The topological polar surface area (TPSA) is 17.8 Å². The predicted molar refractivity (Wildman–Crippen MR) is 96.5 cm³/mol. The summed E-state index contributed by atoms with van der Waals surface area (Å²) < 4.78 is 2.24. The van der Waals surface area contributed by atoms with Crippen molar-refractivity contribution in [1.29, 1.82) is 0 Å². The van der Waals surface area contributed by atoms with Crippen molar-refractivity contribution in [3.63, 3.8) is 0 Å². The Labute approximate surface area is 136 Å². The lowest BCUT2D eigenvalue weighted by atomic mass is 10.1. The fraction of sp³-hybridized carbons (Fsp3) is 0.0952. The first-order chi connectivity index (χ1) is 11.3. The molecule has 112 valence electrons. The summed E-state index contributed by atoms with van der Waals surface area (Å²) in [4.78, 5) is 4.90. The van der Waals surface area contributed by atoms with Crippen molar-refractivity contribution in [1.82, 2.24) is 9.55 Å². The van der Waals surface area contributed by atoms with E-state index in [0.29, 0.717) is 5.92 Å². The van der Waals surface area contributed by atoms with Gasteiger partial charge >= 0.3 is 0 Å². The van der Waals surface area contributed by atoms with Crippen LogP contribution in [0, 0.1) is 5.92 Å². The molecule has 3 aromatic rings. The number of hydrogen-bond acceptors (Lipinski definition) is 1. The Morgan fingerprint density at radius 2 is 1.70 bits per heavy atom. The van der Waals surface area contributed by atoms with E-state index in [2.05, 4.69) is 84.3 Å². The van der Waals surface area contributed by atoms with Gasteiger partial charge in [0.2, 0.25) is 0 Å². The van der Waals surface area contributed by atoms with Crippen molar-refractivity contribution in [3.8, 4) is 5.69 Å². The summed E-state index contributed by atoms with van der Waals surface area (Å²) in [5.74, 6) is 1.38. The Bertz CT molecular complexity index is 927. The maximum absolute atomic E-state index is 4.90. The normalized spacial score (nSPS) is 17.3. The monoisotopic (exact) mass is 298 g/mol. The SMILES string of the molecule is CC1C=CC=CC(c2nc3ccccc3n2-c2ccccc2)=C1. The molecule has 0 amide bonds. The number of benzene rings is 2. The van der Waals surface area contributed by atoms with Gasteiger partial charge in [-0.2, -0.15) is 0 Å². The highest BCUT2D eigenvalue weighted by Crippen LogP contribution is 2.28. The summed E-state index contributed by atoms with van der Waals surface area (Å²) >= 11 is 0. The van der Waals surface area contributed by atoms with E-state index >= 15 is 0 Å². The third kappa shape index (κ3) is 2.53. The van der Waals surface area contributed by atoms with Gasteiger partial charge in [-0.1, -0.05) is 67.6 Å². The van der Waals surface area contributed by atoms with Crippen LogP contribution in [0.25, 0.3) is 22.3 Å². The number of rotatable bonds is 2. The molecule has 2 aromatic carbocycles. The van der Waals surface area contributed by atoms with Gasteiger partial charge in [0.25, 0.3) is 0 Å². The fourth-order valence-electron chi connectivity index (χ4n) is 3.00. The van der Waals surface area contributed by atoms with Gasteiger partial charge in [0.05, 0.1) is 11.0 Å². The summed E-state index contributed by atoms with van der Waals surface area (Å²) in [5, 5.41) is 0. The molecule has 0 bridgehead atoms. The molecule has 2 heteroatoms. The summed E-state index contributed by atoms with van der Waals surface area (Å²) in [5.41, 5.74) is 4.44. The van der Waals surface area contributed by atoms with Gasteiger partial charge in [-0.25, -0.2) is 4.98 Å².